The van der Waals surface area contributed by atoms with Crippen molar-refractivity contribution in [2.24, 2.45) is 43.8 Å². The monoisotopic (exact) mass is 948 g/mol. The molecule has 4 aromatic carbocycles. The number of rotatable bonds is 2. The predicted octanol–water partition coefficient (Wildman–Crippen LogP) is 16.9. The van der Waals surface area contributed by atoms with Crippen LogP contribution < -0.4 is 0 Å². The molecule has 0 bridgehead atoms. The zero-order valence-corrected chi connectivity index (χ0v) is 43.0. The molecule has 2 saturated carbocycles. The van der Waals surface area contributed by atoms with Crippen molar-refractivity contribution in [3.63, 3.8) is 0 Å². The maximum Gasteiger partial charge on any atom is -0.0184 e. The number of fused-ring (bicyclic) bond motifs is 8. The van der Waals surface area contributed by atoms with Gasteiger partial charge in [0.05, 0.1) is 0 Å². The van der Waals surface area contributed by atoms with Crippen LogP contribution in [0.1, 0.15) is 68.7 Å². The predicted molar refractivity (Wildman–Crippen MR) is 276 cm³/mol. The first kappa shape index (κ1) is 51.8. The molecule has 0 heterocycles. The quantitative estimate of drug-likeness (QED) is 0.176. The van der Waals surface area contributed by atoms with Crippen LogP contribution in [-0.2, 0) is 24.2 Å². The second-order valence-electron chi connectivity index (χ2n) is 18.5. The van der Waals surface area contributed by atoms with E-state index in [1.54, 1.807) is 0 Å². The van der Waals surface area contributed by atoms with Crippen LogP contribution in [0.25, 0.3) is 22.3 Å². The maximum atomic E-state index is 2.99. The fourth-order valence-corrected chi connectivity index (χ4v) is 12.1. The van der Waals surface area contributed by atoms with Gasteiger partial charge in [0, 0.05) is 10.8 Å². The van der Waals surface area contributed by atoms with Crippen molar-refractivity contribution >= 4 is 28.5 Å². The van der Waals surface area contributed by atoms with Crippen molar-refractivity contribution in [2.75, 3.05) is 0 Å². The molecule has 8 atom stereocenters. The van der Waals surface area contributed by atoms with Gasteiger partial charge in [-0.05, 0) is 50.8 Å². The molecule has 0 aliphatic heterocycles. The summed E-state index contributed by atoms with van der Waals surface area (Å²) in [6.45, 7) is 22.3. The molecule has 8 unspecified atom stereocenters. The Kier molecular flexibility index (Phi) is 17.6. The standard InChI is InChI=1S/C29H37.2C12H10.C5H5.C2H4.2ClH.Zr/c1-21-14-13-15-22-20-27(6)25(4)18-10-9-16-23(25,2)24(3)17-11-12-19-26(24,5)29(27,8)28(21,22)7;2*1-3-7-11(8-4-1)12-9-5-2-6-10-12;1-2-4-5-3-1;1-2;;;/h9-20,22H,1-8H3;2*1-10H;1-3H,4H2;1H,2H3;2*1H;/q-1;;;-1;;;;+2. The SMILES string of the molecule is CC1=CC=CC2[CH-]C3(C)C4(C)C=CC=CC4(C)C4(C)C=CC=CC4(C)C3(C)C12C.C[CH]=[Zr+2].Cl.Cl.[C-]1=CC=CC1.c1ccc(-c2ccccc2)cc1.c1ccc(-c2ccccc2)cc1. The van der Waals surface area contributed by atoms with Crippen molar-refractivity contribution in [2.45, 2.75) is 68.7 Å². The average molecular weight is 951 g/mol. The summed E-state index contributed by atoms with van der Waals surface area (Å²) in [6, 6.07) is 41.6. The Hall–Kier alpha value is -3.87. The van der Waals surface area contributed by atoms with Crippen LogP contribution in [-0.4, -0.2) is 3.71 Å². The van der Waals surface area contributed by atoms with Gasteiger partial charge in [-0.3, -0.25) is 6.08 Å². The van der Waals surface area contributed by atoms with Crippen LogP contribution in [0, 0.1) is 56.3 Å². The molecule has 0 radical (unpaired) electrons. The number of allylic oxidation sites excluding steroid dienone is 16. The van der Waals surface area contributed by atoms with Crippen LogP contribution in [0.2, 0.25) is 0 Å². The van der Waals surface area contributed by atoms with Crippen molar-refractivity contribution in [3.05, 3.63) is 224 Å². The number of hydrogen-bond acceptors (Lipinski definition) is 0. The molecule has 6 aliphatic carbocycles. The Balaban J connectivity index is 0.000000211. The molecule has 0 nitrogen and oxygen atoms in total. The number of benzene rings is 4. The number of halogens is 2. The summed E-state index contributed by atoms with van der Waals surface area (Å²) in [5, 5.41) is 0. The average Bonchev–Trinajstić information content (AvgIpc) is 3.95. The molecule has 0 aromatic heterocycles. The molecule has 2 fully saturated rings. The fraction of sp³-hybridized carbons (Fsp3) is 0.300. The van der Waals surface area contributed by atoms with Crippen molar-refractivity contribution in [1.82, 2.24) is 0 Å². The normalized spacial score (nSPS) is 32.5. The van der Waals surface area contributed by atoms with E-state index in [0.717, 1.165) is 6.42 Å². The molecule has 0 N–H and O–H groups in total. The minimum absolute atomic E-state index is 0. The van der Waals surface area contributed by atoms with Gasteiger partial charge in [0.25, 0.3) is 0 Å². The summed E-state index contributed by atoms with van der Waals surface area (Å²) >= 11 is 1.51. The summed E-state index contributed by atoms with van der Waals surface area (Å²) in [7, 11) is 0. The molecule has 10 rings (SSSR count). The van der Waals surface area contributed by atoms with Gasteiger partial charge in [-0.15, -0.1) is 48.6 Å². The van der Waals surface area contributed by atoms with E-state index in [2.05, 4.69) is 242 Å². The molecule has 4 aromatic rings. The molecule has 0 saturated heterocycles. The topological polar surface area (TPSA) is 0 Å². The molecule has 6 aliphatic rings. The Morgan fingerprint density at radius 2 is 0.905 bits per heavy atom. The second kappa shape index (κ2) is 21.4. The van der Waals surface area contributed by atoms with E-state index < -0.39 is 0 Å². The van der Waals surface area contributed by atoms with Gasteiger partial charge in [-0.2, -0.15) is 6.08 Å². The number of hydrogen-bond donors (Lipinski definition) is 0. The summed E-state index contributed by atoms with van der Waals surface area (Å²) in [5.74, 6) is 0.460. The van der Waals surface area contributed by atoms with E-state index in [0.29, 0.717) is 5.92 Å². The van der Waals surface area contributed by atoms with Gasteiger partial charge >= 0.3 is 34.9 Å². The van der Waals surface area contributed by atoms with Crippen LogP contribution >= 0.6 is 24.8 Å². The zero-order valence-electron chi connectivity index (χ0n) is 38.9. The summed E-state index contributed by atoms with van der Waals surface area (Å²) < 4.78 is 2.09. The van der Waals surface area contributed by atoms with Gasteiger partial charge < -0.3 is 6.42 Å². The van der Waals surface area contributed by atoms with E-state index in [9.17, 15) is 0 Å². The van der Waals surface area contributed by atoms with Gasteiger partial charge in [-0.1, -0.05) is 236 Å². The van der Waals surface area contributed by atoms with E-state index >= 15 is 0 Å². The van der Waals surface area contributed by atoms with Gasteiger partial charge in [0.2, 0.25) is 0 Å². The van der Waals surface area contributed by atoms with Crippen LogP contribution in [0.4, 0.5) is 0 Å². The zero-order chi connectivity index (χ0) is 43.8. The van der Waals surface area contributed by atoms with Crippen molar-refractivity contribution in [1.29, 1.82) is 0 Å². The first-order valence-corrected chi connectivity index (χ1v) is 23.5. The summed E-state index contributed by atoms with van der Waals surface area (Å²) in [6.07, 6.45) is 39.3. The molecule has 0 spiro atoms. The van der Waals surface area contributed by atoms with Crippen LogP contribution in [0.3, 0.4) is 0 Å². The minimum atomic E-state index is 0. The minimum Gasteiger partial charge on any atom is -0.273 e. The molecule has 3 heteroatoms. The van der Waals surface area contributed by atoms with Gasteiger partial charge in [0.15, 0.2) is 0 Å². The molecule has 63 heavy (non-hydrogen) atoms. The van der Waals surface area contributed by atoms with E-state index in [-0.39, 0.29) is 62.7 Å². The molecule has 326 valence electrons. The van der Waals surface area contributed by atoms with E-state index in [1.165, 1.54) is 52.1 Å². The smallest absolute Gasteiger partial charge is 0.0184 e. The van der Waals surface area contributed by atoms with Crippen molar-refractivity contribution in [3.8, 4) is 22.3 Å². The van der Waals surface area contributed by atoms with Gasteiger partial charge in [-0.25, -0.2) is 12.2 Å². The molecular formula is C60H68Cl2Zr. The largest absolute Gasteiger partial charge is 0.273 e. The van der Waals surface area contributed by atoms with Gasteiger partial charge in [0.1, 0.15) is 0 Å². The van der Waals surface area contributed by atoms with E-state index in [4.69, 9.17) is 0 Å². The Labute approximate surface area is 409 Å². The van der Waals surface area contributed by atoms with Crippen LogP contribution in [0.15, 0.2) is 212 Å². The molecule has 0 amide bonds. The Morgan fingerprint density at radius 1 is 0.540 bits per heavy atom. The third-order valence-electron chi connectivity index (χ3n) is 16.4. The first-order valence-electron chi connectivity index (χ1n) is 22.1. The maximum absolute atomic E-state index is 2.99. The second-order valence-corrected chi connectivity index (χ2v) is 19.9. The Morgan fingerprint density at radius 3 is 1.25 bits per heavy atom. The molecular weight excluding hydrogens is 883 g/mol. The third kappa shape index (κ3) is 8.70. The first-order chi connectivity index (χ1) is 29.2. The van der Waals surface area contributed by atoms with E-state index in [1.807, 2.05) is 43.3 Å². The van der Waals surface area contributed by atoms with Crippen molar-refractivity contribution < 1.29 is 24.2 Å². The fourth-order valence-electron chi connectivity index (χ4n) is 12.1. The summed E-state index contributed by atoms with van der Waals surface area (Å²) in [5.41, 5.74) is 6.84. The Bertz CT molecular complexity index is 2190. The van der Waals surface area contributed by atoms with Crippen LogP contribution in [0.5, 0.6) is 0 Å². The third-order valence-corrected chi connectivity index (χ3v) is 16.4. The summed E-state index contributed by atoms with van der Waals surface area (Å²) in [4.78, 5) is 0.